The molecule has 0 radical (unpaired) electrons. The zero-order valence-corrected chi connectivity index (χ0v) is 24.9. The Balaban J connectivity index is 1.27. The number of esters is 1. The predicted octanol–water partition coefficient (Wildman–Crippen LogP) is 6.86. The van der Waals surface area contributed by atoms with E-state index in [0.717, 1.165) is 56.4 Å². The monoisotopic (exact) mass is 591 g/mol. The molecule has 0 bridgehead atoms. The fraction of sp³-hybridized carbons (Fsp3) is 0.438. The second-order valence-corrected chi connectivity index (χ2v) is 11.3. The summed E-state index contributed by atoms with van der Waals surface area (Å²) in [6.45, 7) is 5.45. The minimum atomic E-state index is -0.352. The Kier molecular flexibility index (Phi) is 9.92. The first-order chi connectivity index (χ1) is 20.4. The second kappa shape index (κ2) is 14.0. The summed E-state index contributed by atoms with van der Waals surface area (Å²) in [6, 6.07) is 13.7. The van der Waals surface area contributed by atoms with E-state index in [2.05, 4.69) is 38.1 Å². The standard InChI is InChI=1S/C32H38ClN5O4/c1-3-41-31(40)23-11-9-21(10-12-23)22-13-15-24(16-14-22)36-32-35-19-26(29(38-32)34-18-25-7-5-17-42-25)30(39)37-28-20(2)6-4-8-27(28)33/h4,6,8,13-16,19,21,23,25H,3,5,7,9-12,17-18H2,1-2H3,(H,37,39)(H2,34,35,36,38). The van der Waals surface area contributed by atoms with Gasteiger partial charge in [0.05, 0.1) is 29.3 Å². The maximum absolute atomic E-state index is 13.3. The smallest absolute Gasteiger partial charge is 0.308 e. The number of carbonyl (C=O) groups excluding carboxylic acids is 2. The highest BCUT2D eigenvalue weighted by atomic mass is 35.5. The second-order valence-electron chi connectivity index (χ2n) is 10.9. The molecule has 1 unspecified atom stereocenters. The summed E-state index contributed by atoms with van der Waals surface area (Å²) in [5, 5.41) is 9.95. The maximum atomic E-state index is 13.3. The lowest BCUT2D eigenvalue weighted by atomic mass is 9.79. The van der Waals surface area contributed by atoms with Crippen LogP contribution in [0.2, 0.25) is 5.02 Å². The Bertz CT molecular complexity index is 1370. The van der Waals surface area contributed by atoms with Gasteiger partial charge in [-0.2, -0.15) is 4.98 Å². The molecule has 10 heteroatoms. The number of para-hydroxylation sites is 1. The third kappa shape index (κ3) is 7.38. The average molecular weight is 592 g/mol. The van der Waals surface area contributed by atoms with Gasteiger partial charge in [-0.05, 0) is 87.6 Å². The van der Waals surface area contributed by atoms with Crippen molar-refractivity contribution in [1.29, 1.82) is 0 Å². The van der Waals surface area contributed by atoms with Crippen molar-refractivity contribution in [3.05, 3.63) is 70.4 Å². The van der Waals surface area contributed by atoms with Crippen molar-refractivity contribution in [3.63, 3.8) is 0 Å². The third-order valence-electron chi connectivity index (χ3n) is 8.00. The largest absolute Gasteiger partial charge is 0.466 e. The first-order valence-electron chi connectivity index (χ1n) is 14.7. The number of ether oxygens (including phenoxy) is 2. The first-order valence-corrected chi connectivity index (χ1v) is 15.1. The number of carbonyl (C=O) groups is 2. The van der Waals surface area contributed by atoms with Crippen molar-refractivity contribution in [2.75, 3.05) is 35.7 Å². The van der Waals surface area contributed by atoms with Crippen LogP contribution in [0.4, 0.5) is 23.1 Å². The van der Waals surface area contributed by atoms with Gasteiger partial charge in [-0.15, -0.1) is 0 Å². The van der Waals surface area contributed by atoms with Crippen LogP contribution in [0.3, 0.4) is 0 Å². The predicted molar refractivity (Wildman–Crippen MR) is 165 cm³/mol. The lowest BCUT2D eigenvalue weighted by molar-refractivity contribution is -0.149. The Morgan fingerprint density at radius 3 is 2.55 bits per heavy atom. The van der Waals surface area contributed by atoms with Crippen LogP contribution in [-0.2, 0) is 14.3 Å². The molecule has 3 N–H and O–H groups in total. The molecule has 1 saturated carbocycles. The molecule has 1 amide bonds. The van der Waals surface area contributed by atoms with E-state index in [4.69, 9.17) is 21.1 Å². The topological polar surface area (TPSA) is 114 Å². The SMILES string of the molecule is CCOC(=O)C1CCC(c2ccc(Nc3ncc(C(=O)Nc4c(C)cccc4Cl)c(NCC4CCCO4)n3)cc2)CC1. The average Bonchev–Trinajstić information content (AvgIpc) is 3.53. The van der Waals surface area contributed by atoms with Crippen molar-refractivity contribution in [2.24, 2.45) is 5.92 Å². The fourth-order valence-electron chi connectivity index (χ4n) is 5.62. The molecule has 5 rings (SSSR count). The van der Waals surface area contributed by atoms with Crippen molar-refractivity contribution >= 4 is 46.6 Å². The number of aryl methyl sites for hydroxylation is 1. The fourth-order valence-corrected chi connectivity index (χ4v) is 5.89. The number of amides is 1. The van der Waals surface area contributed by atoms with E-state index in [9.17, 15) is 9.59 Å². The van der Waals surface area contributed by atoms with Crippen LogP contribution < -0.4 is 16.0 Å². The van der Waals surface area contributed by atoms with Crippen molar-refractivity contribution in [1.82, 2.24) is 9.97 Å². The molecule has 2 aliphatic rings. The maximum Gasteiger partial charge on any atom is 0.308 e. The molecule has 1 aliphatic heterocycles. The molecule has 1 aromatic heterocycles. The van der Waals surface area contributed by atoms with Gasteiger partial charge in [-0.3, -0.25) is 9.59 Å². The number of nitrogens with one attached hydrogen (secondary N) is 3. The lowest BCUT2D eigenvalue weighted by Crippen LogP contribution is -2.23. The van der Waals surface area contributed by atoms with Crippen molar-refractivity contribution in [3.8, 4) is 0 Å². The van der Waals surface area contributed by atoms with Gasteiger partial charge in [0.15, 0.2) is 0 Å². The minimum Gasteiger partial charge on any atom is -0.466 e. The number of hydrogen-bond donors (Lipinski definition) is 3. The molecule has 0 spiro atoms. The minimum absolute atomic E-state index is 0.0149. The molecule has 222 valence electrons. The van der Waals surface area contributed by atoms with Crippen LogP contribution in [0.5, 0.6) is 0 Å². The lowest BCUT2D eigenvalue weighted by Gasteiger charge is -2.27. The first kappa shape index (κ1) is 29.8. The van der Waals surface area contributed by atoms with Gasteiger partial charge < -0.3 is 25.4 Å². The molecule has 42 heavy (non-hydrogen) atoms. The van der Waals surface area contributed by atoms with E-state index < -0.39 is 0 Å². The number of anilines is 4. The summed E-state index contributed by atoms with van der Waals surface area (Å²) in [6.07, 6.45) is 7.21. The molecule has 2 heterocycles. The number of halogens is 1. The number of hydrogen-bond acceptors (Lipinski definition) is 8. The van der Waals surface area contributed by atoms with Gasteiger partial charge in [0.25, 0.3) is 5.91 Å². The summed E-state index contributed by atoms with van der Waals surface area (Å²) >= 11 is 6.35. The zero-order valence-electron chi connectivity index (χ0n) is 24.1. The highest BCUT2D eigenvalue weighted by Crippen LogP contribution is 2.37. The molecule has 9 nitrogen and oxygen atoms in total. The third-order valence-corrected chi connectivity index (χ3v) is 8.32. The van der Waals surface area contributed by atoms with E-state index in [-0.39, 0.29) is 23.9 Å². The Hall–Kier alpha value is -3.69. The number of rotatable bonds is 10. The van der Waals surface area contributed by atoms with Gasteiger partial charge >= 0.3 is 5.97 Å². The van der Waals surface area contributed by atoms with E-state index in [0.29, 0.717) is 47.1 Å². The Morgan fingerprint density at radius 2 is 1.86 bits per heavy atom. The molecule has 2 aromatic carbocycles. The van der Waals surface area contributed by atoms with E-state index in [1.807, 2.05) is 38.1 Å². The normalized spacial score (nSPS) is 20.1. The van der Waals surface area contributed by atoms with Gasteiger partial charge in [-0.25, -0.2) is 4.98 Å². The molecule has 1 atom stereocenters. The van der Waals surface area contributed by atoms with Crippen LogP contribution in [0.1, 0.15) is 72.9 Å². The molecule has 2 fully saturated rings. The summed E-state index contributed by atoms with van der Waals surface area (Å²) in [5.74, 6) is 0.811. The van der Waals surface area contributed by atoms with Crippen molar-refractivity contribution < 1.29 is 19.1 Å². The van der Waals surface area contributed by atoms with Gasteiger partial charge in [0.2, 0.25) is 5.95 Å². The van der Waals surface area contributed by atoms with E-state index in [1.54, 1.807) is 6.07 Å². The van der Waals surface area contributed by atoms with Crippen LogP contribution >= 0.6 is 11.6 Å². The molecular weight excluding hydrogens is 554 g/mol. The van der Waals surface area contributed by atoms with Crippen molar-refractivity contribution in [2.45, 2.75) is 64.4 Å². The van der Waals surface area contributed by atoms with E-state index >= 15 is 0 Å². The zero-order chi connectivity index (χ0) is 29.5. The highest BCUT2D eigenvalue weighted by Gasteiger charge is 2.28. The number of aromatic nitrogens is 2. The van der Waals surface area contributed by atoms with Crippen LogP contribution in [-0.4, -0.2) is 47.7 Å². The molecular formula is C32H38ClN5O4. The summed E-state index contributed by atoms with van der Waals surface area (Å²) < 4.78 is 11.0. The number of nitrogens with zero attached hydrogens (tertiary/aromatic N) is 2. The molecule has 3 aromatic rings. The van der Waals surface area contributed by atoms with Gasteiger partial charge in [0.1, 0.15) is 11.4 Å². The summed E-state index contributed by atoms with van der Waals surface area (Å²) in [7, 11) is 0. The van der Waals surface area contributed by atoms with Crippen LogP contribution in [0.15, 0.2) is 48.7 Å². The Morgan fingerprint density at radius 1 is 1.07 bits per heavy atom. The van der Waals surface area contributed by atoms with E-state index in [1.165, 1.54) is 11.8 Å². The summed E-state index contributed by atoms with van der Waals surface area (Å²) in [4.78, 5) is 34.5. The molecule has 1 saturated heterocycles. The van der Waals surface area contributed by atoms with Crippen LogP contribution in [0, 0.1) is 12.8 Å². The summed E-state index contributed by atoms with van der Waals surface area (Å²) in [5.41, 5.74) is 3.83. The molecule has 1 aliphatic carbocycles. The Labute approximate surface area is 251 Å². The van der Waals surface area contributed by atoms with Crippen LogP contribution in [0.25, 0.3) is 0 Å². The number of benzene rings is 2. The highest BCUT2D eigenvalue weighted by molar-refractivity contribution is 6.34. The van der Waals surface area contributed by atoms with Gasteiger partial charge in [-0.1, -0.05) is 35.9 Å². The quantitative estimate of drug-likeness (QED) is 0.219. The van der Waals surface area contributed by atoms with Gasteiger partial charge in [0, 0.05) is 25.0 Å².